The molecule has 0 amide bonds. The lowest BCUT2D eigenvalue weighted by Gasteiger charge is -1.95. The molecule has 1 aromatic rings. The number of hydrogen-bond acceptors (Lipinski definition) is 4. The van der Waals surface area contributed by atoms with Crippen LogP contribution in [0.1, 0.15) is 18.4 Å². The molecule has 0 aromatic carbocycles. The number of aromatic nitrogens is 1. The molecule has 70 valence electrons. The fraction of sp³-hybridized carbons (Fsp3) is 0.250. The fourth-order valence-corrected chi connectivity index (χ4v) is 1.62. The van der Waals surface area contributed by atoms with Crippen molar-refractivity contribution in [3.05, 3.63) is 16.5 Å². The smallest absolute Gasteiger partial charge is 0.338 e. The van der Waals surface area contributed by atoms with Gasteiger partial charge in [-0.2, -0.15) is 0 Å². The number of nitrogens with zero attached hydrogens (tertiary/aromatic N) is 1. The molecule has 0 bridgehead atoms. The van der Waals surface area contributed by atoms with E-state index in [1.165, 1.54) is 11.3 Å². The number of carboxylic acid groups (broad SMARTS) is 1. The Kier molecular flexibility index (Phi) is 3.02. The number of carboxylic acids is 1. The number of carbonyl (C=O) groups is 1. The second kappa shape index (κ2) is 4.04. The predicted molar refractivity (Wildman–Crippen MR) is 52.4 cm³/mol. The van der Waals surface area contributed by atoms with Gasteiger partial charge in [0.2, 0.25) is 0 Å². The summed E-state index contributed by atoms with van der Waals surface area (Å²) in [6.07, 6.45) is 2.29. The van der Waals surface area contributed by atoms with Gasteiger partial charge in [-0.1, -0.05) is 13.0 Å². The molecule has 1 aromatic heterocycles. The van der Waals surface area contributed by atoms with E-state index in [0.29, 0.717) is 17.2 Å². The highest BCUT2D eigenvalue weighted by atomic mass is 32.1. The standard InChI is InChI=1S/C8H10N2O2S/c1-2-3-5(8(11)12)7-10-6(9)4-13-7/h3-4H,2,9H2,1H3,(H,11,12). The molecule has 0 radical (unpaired) electrons. The van der Waals surface area contributed by atoms with E-state index in [9.17, 15) is 4.79 Å². The maximum Gasteiger partial charge on any atom is 0.338 e. The highest BCUT2D eigenvalue weighted by Gasteiger charge is 2.12. The highest BCUT2D eigenvalue weighted by molar-refractivity contribution is 7.11. The number of nitrogen functional groups attached to an aromatic ring is 1. The Morgan fingerprint density at radius 3 is 2.92 bits per heavy atom. The number of rotatable bonds is 3. The van der Waals surface area contributed by atoms with Crippen molar-refractivity contribution in [2.75, 3.05) is 5.73 Å². The van der Waals surface area contributed by atoms with E-state index in [-0.39, 0.29) is 5.57 Å². The minimum atomic E-state index is -0.962. The van der Waals surface area contributed by atoms with Crippen LogP contribution in [-0.4, -0.2) is 16.1 Å². The van der Waals surface area contributed by atoms with Crippen molar-refractivity contribution in [3.63, 3.8) is 0 Å². The van der Waals surface area contributed by atoms with E-state index < -0.39 is 5.97 Å². The third-order valence-electron chi connectivity index (χ3n) is 1.39. The molecule has 3 N–H and O–H groups in total. The molecule has 0 aliphatic carbocycles. The summed E-state index contributed by atoms with van der Waals surface area (Å²) >= 11 is 1.24. The summed E-state index contributed by atoms with van der Waals surface area (Å²) in [7, 11) is 0. The van der Waals surface area contributed by atoms with E-state index in [2.05, 4.69) is 4.98 Å². The summed E-state index contributed by atoms with van der Waals surface area (Å²) in [5.41, 5.74) is 5.62. The van der Waals surface area contributed by atoms with E-state index in [0.717, 1.165) is 0 Å². The molecule has 0 unspecified atom stereocenters. The van der Waals surface area contributed by atoms with Crippen LogP contribution in [0.15, 0.2) is 11.5 Å². The SMILES string of the molecule is CCC=C(C(=O)O)c1nc(N)cs1. The molecule has 0 fully saturated rings. The summed E-state index contributed by atoms with van der Waals surface area (Å²) in [4.78, 5) is 14.7. The Morgan fingerprint density at radius 2 is 2.54 bits per heavy atom. The van der Waals surface area contributed by atoms with Gasteiger partial charge >= 0.3 is 5.97 Å². The van der Waals surface area contributed by atoms with E-state index >= 15 is 0 Å². The van der Waals surface area contributed by atoms with Crippen molar-refractivity contribution < 1.29 is 9.90 Å². The van der Waals surface area contributed by atoms with Crippen LogP contribution < -0.4 is 5.73 Å². The second-order valence-corrected chi connectivity index (χ2v) is 3.27. The van der Waals surface area contributed by atoms with Crippen LogP contribution in [-0.2, 0) is 4.79 Å². The van der Waals surface area contributed by atoms with Crippen LogP contribution in [0.4, 0.5) is 5.82 Å². The van der Waals surface area contributed by atoms with Gasteiger partial charge in [-0.3, -0.25) is 0 Å². The van der Waals surface area contributed by atoms with Gasteiger partial charge in [0.15, 0.2) is 0 Å². The average Bonchev–Trinajstić information content (AvgIpc) is 2.46. The largest absolute Gasteiger partial charge is 0.478 e. The summed E-state index contributed by atoms with van der Waals surface area (Å²) in [6, 6.07) is 0. The average molecular weight is 198 g/mol. The lowest BCUT2D eigenvalue weighted by molar-refractivity contribution is -0.130. The van der Waals surface area contributed by atoms with Gasteiger partial charge in [-0.05, 0) is 6.42 Å². The first-order valence-electron chi connectivity index (χ1n) is 3.80. The Labute approximate surface area is 79.7 Å². The molecule has 1 rings (SSSR count). The molecule has 4 nitrogen and oxygen atoms in total. The topological polar surface area (TPSA) is 76.2 Å². The molecule has 1 heterocycles. The van der Waals surface area contributed by atoms with Crippen LogP contribution in [0.5, 0.6) is 0 Å². The third kappa shape index (κ3) is 2.29. The summed E-state index contributed by atoms with van der Waals surface area (Å²) < 4.78 is 0. The normalized spacial score (nSPS) is 11.6. The zero-order chi connectivity index (χ0) is 9.84. The zero-order valence-electron chi connectivity index (χ0n) is 7.15. The number of anilines is 1. The summed E-state index contributed by atoms with van der Waals surface area (Å²) in [5, 5.41) is 10.9. The number of allylic oxidation sites excluding steroid dienone is 1. The predicted octanol–water partition coefficient (Wildman–Crippen LogP) is 1.60. The molecular weight excluding hydrogens is 188 g/mol. The minimum absolute atomic E-state index is 0.226. The van der Waals surface area contributed by atoms with Crippen molar-refractivity contribution in [2.24, 2.45) is 0 Å². The third-order valence-corrected chi connectivity index (χ3v) is 2.28. The molecule has 0 saturated heterocycles. The summed E-state index contributed by atoms with van der Waals surface area (Å²) in [6.45, 7) is 1.87. The number of aliphatic carboxylic acids is 1. The molecule has 13 heavy (non-hydrogen) atoms. The Bertz CT molecular complexity index is 344. The Balaban J connectivity index is 3.02. The first-order valence-corrected chi connectivity index (χ1v) is 4.68. The molecular formula is C8H10N2O2S. The van der Waals surface area contributed by atoms with Crippen molar-refractivity contribution in [2.45, 2.75) is 13.3 Å². The van der Waals surface area contributed by atoms with E-state index in [1.54, 1.807) is 11.5 Å². The minimum Gasteiger partial charge on any atom is -0.478 e. The molecule has 5 heteroatoms. The van der Waals surface area contributed by atoms with Crippen molar-refractivity contribution in [1.29, 1.82) is 0 Å². The number of hydrogen-bond donors (Lipinski definition) is 2. The highest BCUT2D eigenvalue weighted by Crippen LogP contribution is 2.21. The van der Waals surface area contributed by atoms with Crippen LogP contribution in [0.3, 0.4) is 0 Å². The van der Waals surface area contributed by atoms with Crippen molar-refractivity contribution in [1.82, 2.24) is 4.98 Å². The lowest BCUT2D eigenvalue weighted by atomic mass is 10.2. The lowest BCUT2D eigenvalue weighted by Crippen LogP contribution is -1.99. The maximum absolute atomic E-state index is 10.8. The maximum atomic E-state index is 10.8. The second-order valence-electron chi connectivity index (χ2n) is 2.41. The van der Waals surface area contributed by atoms with Crippen LogP contribution in [0.25, 0.3) is 5.57 Å². The number of thiazole rings is 1. The van der Waals surface area contributed by atoms with Crippen molar-refractivity contribution in [3.8, 4) is 0 Å². The van der Waals surface area contributed by atoms with Gasteiger partial charge in [0.05, 0.1) is 5.57 Å². The van der Waals surface area contributed by atoms with Gasteiger partial charge < -0.3 is 10.8 Å². The Hall–Kier alpha value is -1.36. The van der Waals surface area contributed by atoms with Crippen LogP contribution in [0, 0.1) is 0 Å². The van der Waals surface area contributed by atoms with E-state index in [4.69, 9.17) is 10.8 Å². The molecule has 0 atom stereocenters. The van der Waals surface area contributed by atoms with E-state index in [1.807, 2.05) is 6.92 Å². The Morgan fingerprint density at radius 1 is 1.85 bits per heavy atom. The van der Waals surface area contributed by atoms with Crippen molar-refractivity contribution >= 4 is 28.7 Å². The first kappa shape index (κ1) is 9.73. The first-order chi connectivity index (χ1) is 6.15. The van der Waals surface area contributed by atoms with Crippen LogP contribution in [0.2, 0.25) is 0 Å². The molecule has 0 saturated carbocycles. The zero-order valence-corrected chi connectivity index (χ0v) is 7.97. The van der Waals surface area contributed by atoms with Gasteiger partial charge in [-0.25, -0.2) is 9.78 Å². The molecule has 0 aliphatic heterocycles. The fourth-order valence-electron chi connectivity index (χ4n) is 0.880. The number of nitrogens with two attached hydrogens (primary N) is 1. The van der Waals surface area contributed by atoms with Gasteiger partial charge in [0.1, 0.15) is 10.8 Å². The van der Waals surface area contributed by atoms with Gasteiger partial charge in [0, 0.05) is 5.38 Å². The molecule has 0 aliphatic rings. The summed E-state index contributed by atoms with van der Waals surface area (Å²) in [5.74, 6) is -0.598. The molecule has 0 spiro atoms. The quantitative estimate of drug-likeness (QED) is 0.723. The van der Waals surface area contributed by atoms with Gasteiger partial charge in [0.25, 0.3) is 0 Å². The monoisotopic (exact) mass is 198 g/mol. The van der Waals surface area contributed by atoms with Gasteiger partial charge in [-0.15, -0.1) is 11.3 Å². The van der Waals surface area contributed by atoms with Crippen LogP contribution >= 0.6 is 11.3 Å².